The number of aliphatic hydroxyl groups is 1. The standard InChI is InChI=1S/C13H23NO2/c15-12-7-10(8-12)9-14-13(16)11-5-3-1-2-4-6-11/h10-12,15H,1-9H2,(H,14,16). The van der Waals surface area contributed by atoms with Gasteiger partial charge in [0.25, 0.3) is 0 Å². The molecule has 3 nitrogen and oxygen atoms in total. The Labute approximate surface area is 97.6 Å². The molecule has 0 aromatic rings. The van der Waals surface area contributed by atoms with Gasteiger partial charge in [-0.1, -0.05) is 25.7 Å². The molecule has 0 aliphatic heterocycles. The molecule has 0 unspecified atom stereocenters. The van der Waals surface area contributed by atoms with Gasteiger partial charge < -0.3 is 10.4 Å². The minimum absolute atomic E-state index is 0.111. The summed E-state index contributed by atoms with van der Waals surface area (Å²) < 4.78 is 0. The van der Waals surface area contributed by atoms with Gasteiger partial charge in [-0.3, -0.25) is 4.79 Å². The number of amides is 1. The van der Waals surface area contributed by atoms with Gasteiger partial charge in [-0.05, 0) is 31.6 Å². The van der Waals surface area contributed by atoms with Crippen molar-refractivity contribution in [2.45, 2.75) is 57.5 Å². The molecule has 2 fully saturated rings. The molecule has 0 spiro atoms. The molecule has 2 aliphatic rings. The van der Waals surface area contributed by atoms with Gasteiger partial charge in [0, 0.05) is 12.5 Å². The van der Waals surface area contributed by atoms with Crippen LogP contribution >= 0.6 is 0 Å². The number of hydrogen-bond acceptors (Lipinski definition) is 2. The molecule has 0 atom stereocenters. The molecule has 0 saturated heterocycles. The molecule has 2 saturated carbocycles. The first-order chi connectivity index (χ1) is 7.75. The average Bonchev–Trinajstić information content (AvgIpc) is 2.50. The summed E-state index contributed by atoms with van der Waals surface area (Å²) in [7, 11) is 0. The van der Waals surface area contributed by atoms with Crippen LogP contribution in [0, 0.1) is 11.8 Å². The molecule has 16 heavy (non-hydrogen) atoms. The van der Waals surface area contributed by atoms with Crippen LogP contribution in [0.25, 0.3) is 0 Å². The molecular formula is C13H23NO2. The SMILES string of the molecule is O=C(NCC1CC(O)C1)C1CCCCCC1. The number of nitrogens with one attached hydrogen (secondary N) is 1. The maximum Gasteiger partial charge on any atom is 0.223 e. The van der Waals surface area contributed by atoms with Crippen LogP contribution in [0.3, 0.4) is 0 Å². The molecule has 0 radical (unpaired) electrons. The van der Waals surface area contributed by atoms with Crippen molar-refractivity contribution in [2.75, 3.05) is 6.54 Å². The summed E-state index contributed by atoms with van der Waals surface area (Å²) in [5.41, 5.74) is 0. The maximum atomic E-state index is 11.9. The zero-order valence-corrected chi connectivity index (χ0v) is 9.95. The second-order valence-corrected chi connectivity index (χ2v) is 5.42. The lowest BCUT2D eigenvalue weighted by molar-refractivity contribution is -0.126. The number of carbonyl (C=O) groups excluding carboxylic acids is 1. The minimum Gasteiger partial charge on any atom is -0.393 e. The molecule has 0 heterocycles. The van der Waals surface area contributed by atoms with E-state index in [9.17, 15) is 4.79 Å². The van der Waals surface area contributed by atoms with Gasteiger partial charge in [-0.2, -0.15) is 0 Å². The highest BCUT2D eigenvalue weighted by Gasteiger charge is 2.28. The molecule has 3 heteroatoms. The van der Waals surface area contributed by atoms with E-state index in [1.807, 2.05) is 0 Å². The summed E-state index contributed by atoms with van der Waals surface area (Å²) in [5, 5.41) is 12.2. The lowest BCUT2D eigenvalue weighted by Crippen LogP contribution is -2.40. The third-order valence-electron chi connectivity index (χ3n) is 4.00. The Morgan fingerprint density at radius 1 is 1.12 bits per heavy atom. The minimum atomic E-state index is -0.111. The summed E-state index contributed by atoms with van der Waals surface area (Å²) in [6.07, 6.45) is 8.76. The highest BCUT2D eigenvalue weighted by atomic mass is 16.3. The van der Waals surface area contributed by atoms with Crippen molar-refractivity contribution in [2.24, 2.45) is 11.8 Å². The van der Waals surface area contributed by atoms with E-state index >= 15 is 0 Å². The van der Waals surface area contributed by atoms with Crippen LogP contribution in [0.1, 0.15) is 51.4 Å². The van der Waals surface area contributed by atoms with E-state index in [1.54, 1.807) is 0 Å². The first kappa shape index (κ1) is 11.9. The van der Waals surface area contributed by atoms with Gasteiger partial charge in [-0.15, -0.1) is 0 Å². The van der Waals surface area contributed by atoms with E-state index < -0.39 is 0 Å². The Morgan fingerprint density at radius 3 is 2.31 bits per heavy atom. The van der Waals surface area contributed by atoms with Crippen LogP contribution in [-0.2, 0) is 4.79 Å². The summed E-state index contributed by atoms with van der Waals surface area (Å²) in [4.78, 5) is 11.9. The predicted octanol–water partition coefficient (Wildman–Crippen LogP) is 1.84. The van der Waals surface area contributed by atoms with Crippen LogP contribution in [0.5, 0.6) is 0 Å². The Morgan fingerprint density at radius 2 is 1.75 bits per heavy atom. The van der Waals surface area contributed by atoms with Crippen molar-refractivity contribution in [3.05, 3.63) is 0 Å². The number of carbonyl (C=O) groups is 1. The third kappa shape index (κ3) is 3.21. The number of hydrogen-bond donors (Lipinski definition) is 2. The second kappa shape index (κ2) is 5.67. The van der Waals surface area contributed by atoms with E-state index in [-0.39, 0.29) is 17.9 Å². The Bertz CT molecular complexity index is 228. The molecule has 2 aliphatic carbocycles. The summed E-state index contributed by atoms with van der Waals surface area (Å²) in [6.45, 7) is 0.770. The lowest BCUT2D eigenvalue weighted by Gasteiger charge is -2.31. The first-order valence-electron chi connectivity index (χ1n) is 6.71. The fourth-order valence-corrected chi connectivity index (χ4v) is 2.80. The molecule has 0 aromatic heterocycles. The molecule has 92 valence electrons. The second-order valence-electron chi connectivity index (χ2n) is 5.42. The Balaban J connectivity index is 1.66. The van der Waals surface area contributed by atoms with E-state index in [0.29, 0.717) is 5.92 Å². The number of aliphatic hydroxyl groups excluding tert-OH is 1. The van der Waals surface area contributed by atoms with Crippen molar-refractivity contribution in [1.82, 2.24) is 5.32 Å². The van der Waals surface area contributed by atoms with Crippen LogP contribution in [0.15, 0.2) is 0 Å². The molecule has 2 N–H and O–H groups in total. The van der Waals surface area contributed by atoms with E-state index in [1.165, 1.54) is 25.7 Å². The zero-order valence-electron chi connectivity index (χ0n) is 9.95. The van der Waals surface area contributed by atoms with Crippen molar-refractivity contribution < 1.29 is 9.90 Å². The maximum absolute atomic E-state index is 11.9. The quantitative estimate of drug-likeness (QED) is 0.720. The highest BCUT2D eigenvalue weighted by Crippen LogP contribution is 2.27. The average molecular weight is 225 g/mol. The molecule has 0 aromatic carbocycles. The van der Waals surface area contributed by atoms with Crippen LogP contribution in [0.2, 0.25) is 0 Å². The molecule has 2 rings (SSSR count). The fraction of sp³-hybridized carbons (Fsp3) is 0.923. The fourth-order valence-electron chi connectivity index (χ4n) is 2.80. The van der Waals surface area contributed by atoms with Gasteiger partial charge in [-0.25, -0.2) is 0 Å². The third-order valence-corrected chi connectivity index (χ3v) is 4.00. The Kier molecular flexibility index (Phi) is 4.22. The molecule has 0 bridgehead atoms. The van der Waals surface area contributed by atoms with E-state index in [4.69, 9.17) is 5.11 Å². The first-order valence-corrected chi connectivity index (χ1v) is 6.71. The van der Waals surface area contributed by atoms with Crippen molar-refractivity contribution >= 4 is 5.91 Å². The lowest BCUT2D eigenvalue weighted by atomic mass is 9.82. The van der Waals surface area contributed by atoms with Crippen molar-refractivity contribution in [1.29, 1.82) is 0 Å². The number of rotatable bonds is 3. The van der Waals surface area contributed by atoms with E-state index in [2.05, 4.69) is 5.32 Å². The van der Waals surface area contributed by atoms with Crippen LogP contribution < -0.4 is 5.32 Å². The monoisotopic (exact) mass is 225 g/mol. The van der Waals surface area contributed by atoms with E-state index in [0.717, 1.165) is 32.2 Å². The van der Waals surface area contributed by atoms with Gasteiger partial charge >= 0.3 is 0 Å². The van der Waals surface area contributed by atoms with Crippen molar-refractivity contribution in [3.63, 3.8) is 0 Å². The predicted molar refractivity (Wildman–Crippen MR) is 62.9 cm³/mol. The van der Waals surface area contributed by atoms with Crippen LogP contribution in [0.4, 0.5) is 0 Å². The summed E-state index contributed by atoms with van der Waals surface area (Å²) in [5.74, 6) is 1.03. The zero-order chi connectivity index (χ0) is 11.4. The summed E-state index contributed by atoms with van der Waals surface area (Å²) >= 11 is 0. The normalized spacial score (nSPS) is 31.6. The van der Waals surface area contributed by atoms with Gasteiger partial charge in [0.05, 0.1) is 6.10 Å². The smallest absolute Gasteiger partial charge is 0.223 e. The largest absolute Gasteiger partial charge is 0.393 e. The van der Waals surface area contributed by atoms with Crippen molar-refractivity contribution in [3.8, 4) is 0 Å². The van der Waals surface area contributed by atoms with Gasteiger partial charge in [0.1, 0.15) is 0 Å². The molecular weight excluding hydrogens is 202 g/mol. The highest BCUT2D eigenvalue weighted by molar-refractivity contribution is 5.78. The summed E-state index contributed by atoms with van der Waals surface area (Å²) in [6, 6.07) is 0. The topological polar surface area (TPSA) is 49.3 Å². The van der Waals surface area contributed by atoms with Gasteiger partial charge in [0.15, 0.2) is 0 Å². The Hall–Kier alpha value is -0.570. The van der Waals surface area contributed by atoms with Gasteiger partial charge in [0.2, 0.25) is 5.91 Å². The molecule has 1 amide bonds. The van der Waals surface area contributed by atoms with Crippen LogP contribution in [-0.4, -0.2) is 23.7 Å².